The van der Waals surface area contributed by atoms with Gasteiger partial charge in [0.25, 0.3) is 0 Å². The van der Waals surface area contributed by atoms with Crippen LogP contribution in [-0.4, -0.2) is 19.5 Å². The highest BCUT2D eigenvalue weighted by molar-refractivity contribution is 5.49. The number of carbonyl (C=O) groups is 1. The highest BCUT2D eigenvalue weighted by Gasteiger charge is 1.88. The van der Waals surface area contributed by atoms with Crippen LogP contribution in [-0.2, 0) is 9.53 Å². The van der Waals surface area contributed by atoms with Crippen molar-refractivity contribution in [2.45, 2.75) is 39.0 Å². The van der Waals surface area contributed by atoms with E-state index in [1.165, 1.54) is 19.3 Å². The molecule has 0 aromatic heterocycles. The summed E-state index contributed by atoms with van der Waals surface area (Å²) in [6.45, 7) is 3.59. The Kier molecular flexibility index (Phi) is 9.31. The van der Waals surface area contributed by atoms with E-state index < -0.39 is 0 Å². The summed E-state index contributed by atoms with van der Waals surface area (Å²) >= 11 is 0. The van der Waals surface area contributed by atoms with Gasteiger partial charge >= 0.3 is 0 Å². The van der Waals surface area contributed by atoms with Crippen LogP contribution in [0.3, 0.4) is 0 Å². The van der Waals surface area contributed by atoms with Crippen LogP contribution in [0.15, 0.2) is 0 Å². The smallest absolute Gasteiger partial charge is 0.122 e. The first-order chi connectivity index (χ1) is 5.41. The number of aldehydes is 1. The van der Waals surface area contributed by atoms with Crippen LogP contribution in [0.4, 0.5) is 0 Å². The number of carbonyl (C=O) groups excluding carboxylic acids is 1. The van der Waals surface area contributed by atoms with E-state index in [0.29, 0.717) is 13.0 Å². The molecule has 0 atom stereocenters. The zero-order chi connectivity index (χ0) is 8.36. The summed E-state index contributed by atoms with van der Waals surface area (Å²) in [5, 5.41) is 0. The number of hydrogen-bond donors (Lipinski definition) is 0. The Morgan fingerprint density at radius 1 is 1.18 bits per heavy atom. The van der Waals surface area contributed by atoms with Crippen molar-refractivity contribution >= 4 is 6.29 Å². The molecular weight excluding hydrogens is 140 g/mol. The summed E-state index contributed by atoms with van der Waals surface area (Å²) in [5.74, 6) is 0. The Balaban J connectivity index is 2.74. The van der Waals surface area contributed by atoms with Crippen LogP contribution < -0.4 is 0 Å². The van der Waals surface area contributed by atoms with Gasteiger partial charge in [-0.05, 0) is 6.42 Å². The molecule has 0 saturated carbocycles. The van der Waals surface area contributed by atoms with Gasteiger partial charge in [-0.25, -0.2) is 0 Å². The van der Waals surface area contributed by atoms with E-state index in [9.17, 15) is 4.79 Å². The van der Waals surface area contributed by atoms with Gasteiger partial charge in [0.1, 0.15) is 6.29 Å². The number of unbranched alkanes of at least 4 members (excludes halogenated alkanes) is 3. The van der Waals surface area contributed by atoms with Gasteiger partial charge in [-0.15, -0.1) is 0 Å². The van der Waals surface area contributed by atoms with Gasteiger partial charge < -0.3 is 9.53 Å². The second-order valence-electron chi connectivity index (χ2n) is 2.63. The van der Waals surface area contributed by atoms with E-state index in [1.54, 1.807) is 0 Å². The molecule has 0 radical (unpaired) electrons. The predicted molar refractivity (Wildman–Crippen MR) is 45.6 cm³/mol. The molecule has 2 heteroatoms. The summed E-state index contributed by atoms with van der Waals surface area (Å²) < 4.78 is 5.19. The molecule has 0 unspecified atom stereocenters. The fraction of sp³-hybridized carbons (Fsp3) is 0.889. The van der Waals surface area contributed by atoms with Crippen molar-refractivity contribution in [3.63, 3.8) is 0 Å². The van der Waals surface area contributed by atoms with Crippen molar-refractivity contribution in [2.24, 2.45) is 0 Å². The number of ether oxygens (including phenoxy) is 1. The second-order valence-corrected chi connectivity index (χ2v) is 2.63. The molecule has 0 aromatic carbocycles. The monoisotopic (exact) mass is 158 g/mol. The SMILES string of the molecule is CCCCCCOCCC=O. The van der Waals surface area contributed by atoms with Crippen LogP contribution >= 0.6 is 0 Å². The lowest BCUT2D eigenvalue weighted by molar-refractivity contribution is -0.108. The first kappa shape index (κ1) is 10.6. The molecule has 0 saturated heterocycles. The Labute approximate surface area is 68.9 Å². The molecule has 66 valence electrons. The van der Waals surface area contributed by atoms with Gasteiger partial charge in [0.05, 0.1) is 6.61 Å². The van der Waals surface area contributed by atoms with Crippen molar-refractivity contribution in [1.82, 2.24) is 0 Å². The van der Waals surface area contributed by atoms with E-state index in [1.807, 2.05) is 0 Å². The van der Waals surface area contributed by atoms with Crippen LogP contribution in [0, 0.1) is 0 Å². The third-order valence-corrected chi connectivity index (χ3v) is 1.52. The van der Waals surface area contributed by atoms with Gasteiger partial charge in [0.2, 0.25) is 0 Å². The fourth-order valence-corrected chi connectivity index (χ4v) is 0.864. The average Bonchev–Trinajstić information content (AvgIpc) is 2.03. The Morgan fingerprint density at radius 2 is 2.00 bits per heavy atom. The lowest BCUT2D eigenvalue weighted by Gasteiger charge is -2.00. The molecule has 0 aromatic rings. The van der Waals surface area contributed by atoms with Crippen molar-refractivity contribution in [2.75, 3.05) is 13.2 Å². The minimum Gasteiger partial charge on any atom is -0.381 e. The molecular formula is C9H18O2. The van der Waals surface area contributed by atoms with Gasteiger partial charge in [0.15, 0.2) is 0 Å². The molecule has 0 aliphatic heterocycles. The van der Waals surface area contributed by atoms with Crippen LogP contribution in [0.2, 0.25) is 0 Å². The Bertz CT molecular complexity index is 81.6. The first-order valence-electron chi connectivity index (χ1n) is 4.43. The molecule has 0 aliphatic rings. The van der Waals surface area contributed by atoms with Crippen molar-refractivity contribution in [1.29, 1.82) is 0 Å². The molecule has 0 amide bonds. The van der Waals surface area contributed by atoms with Crippen LogP contribution in [0.25, 0.3) is 0 Å². The third-order valence-electron chi connectivity index (χ3n) is 1.52. The van der Waals surface area contributed by atoms with E-state index in [0.717, 1.165) is 19.3 Å². The minimum atomic E-state index is 0.535. The normalized spacial score (nSPS) is 9.91. The molecule has 11 heavy (non-hydrogen) atoms. The maximum atomic E-state index is 9.86. The molecule has 0 bridgehead atoms. The largest absolute Gasteiger partial charge is 0.381 e. The molecule has 0 spiro atoms. The highest BCUT2D eigenvalue weighted by atomic mass is 16.5. The maximum Gasteiger partial charge on any atom is 0.122 e. The van der Waals surface area contributed by atoms with Crippen LogP contribution in [0.5, 0.6) is 0 Å². The Hall–Kier alpha value is -0.370. The van der Waals surface area contributed by atoms with E-state index in [4.69, 9.17) is 4.74 Å². The quantitative estimate of drug-likeness (QED) is 0.400. The maximum absolute atomic E-state index is 9.86. The van der Waals surface area contributed by atoms with E-state index in [2.05, 4.69) is 6.92 Å². The van der Waals surface area contributed by atoms with Gasteiger partial charge in [0, 0.05) is 13.0 Å². The zero-order valence-corrected chi connectivity index (χ0v) is 7.34. The van der Waals surface area contributed by atoms with Gasteiger partial charge in [-0.2, -0.15) is 0 Å². The number of hydrogen-bond acceptors (Lipinski definition) is 2. The summed E-state index contributed by atoms with van der Waals surface area (Å²) in [6.07, 6.45) is 6.36. The Morgan fingerprint density at radius 3 is 2.64 bits per heavy atom. The lowest BCUT2D eigenvalue weighted by atomic mass is 10.2. The summed E-state index contributed by atoms with van der Waals surface area (Å²) in [7, 11) is 0. The topological polar surface area (TPSA) is 26.3 Å². The van der Waals surface area contributed by atoms with Crippen molar-refractivity contribution < 1.29 is 9.53 Å². The van der Waals surface area contributed by atoms with E-state index >= 15 is 0 Å². The highest BCUT2D eigenvalue weighted by Crippen LogP contribution is 1.98. The predicted octanol–water partition coefficient (Wildman–Crippen LogP) is 2.17. The molecule has 0 fully saturated rings. The molecule has 0 rings (SSSR count). The molecule has 2 nitrogen and oxygen atoms in total. The summed E-state index contributed by atoms with van der Waals surface area (Å²) in [4.78, 5) is 9.86. The fourth-order valence-electron chi connectivity index (χ4n) is 0.864. The molecule has 0 N–H and O–H groups in total. The second kappa shape index (κ2) is 9.63. The van der Waals surface area contributed by atoms with Crippen molar-refractivity contribution in [3.05, 3.63) is 0 Å². The lowest BCUT2D eigenvalue weighted by Crippen LogP contribution is -1.97. The van der Waals surface area contributed by atoms with Gasteiger partial charge in [-0.1, -0.05) is 26.2 Å². The number of rotatable bonds is 8. The summed E-state index contributed by atoms with van der Waals surface area (Å²) in [5.41, 5.74) is 0. The first-order valence-corrected chi connectivity index (χ1v) is 4.43. The van der Waals surface area contributed by atoms with Crippen molar-refractivity contribution in [3.8, 4) is 0 Å². The average molecular weight is 158 g/mol. The standard InChI is InChI=1S/C9H18O2/c1-2-3-4-5-8-11-9-6-7-10/h7H,2-6,8-9H2,1H3. The zero-order valence-electron chi connectivity index (χ0n) is 7.34. The van der Waals surface area contributed by atoms with Gasteiger partial charge in [-0.3, -0.25) is 0 Å². The molecule has 0 heterocycles. The third kappa shape index (κ3) is 9.63. The summed E-state index contributed by atoms with van der Waals surface area (Å²) in [6, 6.07) is 0. The van der Waals surface area contributed by atoms with E-state index in [-0.39, 0.29) is 0 Å². The molecule has 0 aliphatic carbocycles. The van der Waals surface area contributed by atoms with Crippen LogP contribution in [0.1, 0.15) is 39.0 Å². The minimum absolute atomic E-state index is 0.535.